The Morgan fingerprint density at radius 2 is 2.62 bits per heavy atom. The second kappa shape index (κ2) is 3.10. The molecule has 0 saturated heterocycles. The molecule has 0 aromatic heterocycles. The van der Waals surface area contributed by atoms with Crippen molar-refractivity contribution < 1.29 is 5.11 Å². The maximum absolute atomic E-state index is 9.99. The summed E-state index contributed by atoms with van der Waals surface area (Å²) in [6, 6.07) is 0. The van der Waals surface area contributed by atoms with Gasteiger partial charge < -0.3 is 0 Å². The minimum absolute atomic E-state index is 0.00810. The molecule has 0 aromatic rings. The highest BCUT2D eigenvalue weighted by Crippen LogP contribution is 2.13. The molecule has 0 spiro atoms. The van der Waals surface area contributed by atoms with Gasteiger partial charge in [0.15, 0.2) is 0 Å². The highest BCUT2D eigenvalue weighted by atomic mass is 32.2. The van der Waals surface area contributed by atoms with Crippen LogP contribution < -0.4 is 0 Å². The van der Waals surface area contributed by atoms with E-state index in [1.54, 1.807) is 11.8 Å². The summed E-state index contributed by atoms with van der Waals surface area (Å²) >= 11 is 1.72. The van der Waals surface area contributed by atoms with Crippen molar-refractivity contribution in [2.75, 3.05) is 18.9 Å². The van der Waals surface area contributed by atoms with E-state index in [-0.39, 0.29) is 6.61 Å². The van der Waals surface area contributed by atoms with Crippen LogP contribution in [0.4, 0.5) is 0 Å². The third-order valence-electron chi connectivity index (χ3n) is 0.964. The molecule has 1 heterocycles. The van der Waals surface area contributed by atoms with Gasteiger partial charge in [0.2, 0.25) is 0 Å². The van der Waals surface area contributed by atoms with Gasteiger partial charge in [0.1, 0.15) is 0 Å². The van der Waals surface area contributed by atoms with Crippen LogP contribution in [0.2, 0.25) is 0 Å². The van der Waals surface area contributed by atoms with Crippen LogP contribution in [0.15, 0.2) is 4.99 Å². The molecule has 0 N–H and O–H groups in total. The third kappa shape index (κ3) is 1.49. The molecular formula is C5H8NOS. The first-order chi connectivity index (χ1) is 3.93. The van der Waals surface area contributed by atoms with Gasteiger partial charge >= 0.3 is 0 Å². The number of thioether (sulfide) groups is 1. The fraction of sp³-hybridized carbons (Fsp3) is 0.800. The van der Waals surface area contributed by atoms with Crippen molar-refractivity contribution in [1.29, 1.82) is 0 Å². The van der Waals surface area contributed by atoms with E-state index >= 15 is 0 Å². The van der Waals surface area contributed by atoms with Crippen LogP contribution in [-0.2, 0) is 5.11 Å². The van der Waals surface area contributed by atoms with Crippen LogP contribution in [0.3, 0.4) is 0 Å². The highest BCUT2D eigenvalue weighted by Gasteiger charge is 2.04. The molecule has 1 rings (SSSR count). The Kier molecular flexibility index (Phi) is 2.36. The van der Waals surface area contributed by atoms with Gasteiger partial charge in [0.05, 0.1) is 11.7 Å². The first-order valence-electron chi connectivity index (χ1n) is 2.67. The highest BCUT2D eigenvalue weighted by molar-refractivity contribution is 8.14. The molecule has 0 atom stereocenters. The van der Waals surface area contributed by atoms with Crippen LogP contribution in [0.1, 0.15) is 6.42 Å². The van der Waals surface area contributed by atoms with Crippen LogP contribution in [0.25, 0.3) is 0 Å². The molecule has 0 unspecified atom stereocenters. The lowest BCUT2D eigenvalue weighted by Gasteiger charge is -1.89. The topological polar surface area (TPSA) is 32.3 Å². The van der Waals surface area contributed by atoms with Gasteiger partial charge in [-0.15, -0.1) is 11.8 Å². The maximum Gasteiger partial charge on any atom is 0.0882 e. The molecule has 0 amide bonds. The fourth-order valence-electron chi connectivity index (χ4n) is 0.618. The summed E-state index contributed by atoms with van der Waals surface area (Å²) in [5, 5.41) is 11.0. The number of hydrogen-bond donors (Lipinski definition) is 0. The molecule has 1 radical (unpaired) electrons. The van der Waals surface area contributed by atoms with Crippen LogP contribution in [-0.4, -0.2) is 23.9 Å². The monoisotopic (exact) mass is 130 g/mol. The first-order valence-corrected chi connectivity index (χ1v) is 3.66. The van der Waals surface area contributed by atoms with Crippen molar-refractivity contribution >= 4 is 16.8 Å². The second-order valence-corrected chi connectivity index (χ2v) is 2.75. The zero-order valence-electron chi connectivity index (χ0n) is 4.59. The molecule has 0 fully saturated rings. The molecule has 0 saturated carbocycles. The summed E-state index contributed by atoms with van der Waals surface area (Å²) in [5.41, 5.74) is 0. The third-order valence-corrected chi connectivity index (χ3v) is 2.02. The van der Waals surface area contributed by atoms with Gasteiger partial charge in [-0.2, -0.15) is 0 Å². The molecule has 8 heavy (non-hydrogen) atoms. The van der Waals surface area contributed by atoms with Crippen molar-refractivity contribution in [2.45, 2.75) is 6.42 Å². The van der Waals surface area contributed by atoms with E-state index in [4.69, 9.17) is 0 Å². The summed E-state index contributed by atoms with van der Waals surface area (Å²) in [5.74, 6) is 1.08. The summed E-state index contributed by atoms with van der Waals surface area (Å²) in [6.45, 7) is 0.909. The molecule has 2 nitrogen and oxygen atoms in total. The maximum atomic E-state index is 9.99. The van der Waals surface area contributed by atoms with E-state index in [1.165, 1.54) is 0 Å². The standard InChI is InChI=1S/C5H8NOS/c7-3-1-5-6-2-4-8-5/h1-4H2. The van der Waals surface area contributed by atoms with Crippen molar-refractivity contribution in [3.05, 3.63) is 0 Å². The molecule has 1 aliphatic rings. The van der Waals surface area contributed by atoms with E-state index in [1.807, 2.05) is 0 Å². The van der Waals surface area contributed by atoms with E-state index in [0.717, 1.165) is 17.3 Å². The minimum Gasteiger partial charge on any atom is -0.282 e. The number of aliphatic imine (C=N–C) groups is 1. The Labute approximate surface area is 53.0 Å². The molecule has 0 aliphatic carbocycles. The average molecular weight is 130 g/mol. The van der Waals surface area contributed by atoms with E-state index in [0.29, 0.717) is 6.42 Å². The van der Waals surface area contributed by atoms with E-state index in [2.05, 4.69) is 4.99 Å². The summed E-state index contributed by atoms with van der Waals surface area (Å²) in [4.78, 5) is 4.11. The summed E-state index contributed by atoms with van der Waals surface area (Å²) in [7, 11) is 0. The Bertz CT molecular complexity index is 103. The SMILES string of the molecule is [O]CCC1=NCCS1. The predicted octanol–water partition coefficient (Wildman–Crippen LogP) is 0.952. The van der Waals surface area contributed by atoms with Crippen LogP contribution in [0.5, 0.6) is 0 Å². The van der Waals surface area contributed by atoms with Crippen LogP contribution in [0, 0.1) is 0 Å². The van der Waals surface area contributed by atoms with Gasteiger partial charge in [0, 0.05) is 18.7 Å². The molecule has 3 heteroatoms. The summed E-state index contributed by atoms with van der Waals surface area (Å²) in [6.07, 6.45) is 0.644. The predicted molar refractivity (Wildman–Crippen MR) is 34.9 cm³/mol. The van der Waals surface area contributed by atoms with Gasteiger partial charge in [-0.3, -0.25) is 4.99 Å². The molecule has 45 valence electrons. The Hall–Kier alpha value is -0.0200. The van der Waals surface area contributed by atoms with Gasteiger partial charge in [-0.25, -0.2) is 5.11 Å². The Morgan fingerprint density at radius 1 is 1.75 bits per heavy atom. The number of rotatable bonds is 2. The van der Waals surface area contributed by atoms with Crippen LogP contribution >= 0.6 is 11.8 Å². The normalized spacial score (nSPS) is 18.9. The quantitative estimate of drug-likeness (QED) is 0.547. The Balaban J connectivity index is 2.23. The average Bonchev–Trinajstić information content (AvgIpc) is 2.19. The fourth-order valence-corrected chi connectivity index (χ4v) is 1.45. The lowest BCUT2D eigenvalue weighted by atomic mass is 10.5. The molecular weight excluding hydrogens is 122 g/mol. The second-order valence-electron chi connectivity index (χ2n) is 1.58. The van der Waals surface area contributed by atoms with Crippen molar-refractivity contribution in [1.82, 2.24) is 0 Å². The molecule has 0 aromatic carbocycles. The minimum atomic E-state index is -0.00810. The Morgan fingerprint density at radius 3 is 3.12 bits per heavy atom. The summed E-state index contributed by atoms with van der Waals surface area (Å²) < 4.78 is 0. The lowest BCUT2D eigenvalue weighted by molar-refractivity contribution is 0.203. The smallest absolute Gasteiger partial charge is 0.0882 e. The first kappa shape index (κ1) is 6.11. The number of nitrogens with zero attached hydrogens (tertiary/aromatic N) is 1. The van der Waals surface area contributed by atoms with Gasteiger partial charge in [0.25, 0.3) is 0 Å². The van der Waals surface area contributed by atoms with Gasteiger partial charge in [-0.05, 0) is 0 Å². The van der Waals surface area contributed by atoms with Crippen molar-refractivity contribution in [3.8, 4) is 0 Å². The van der Waals surface area contributed by atoms with Crippen molar-refractivity contribution in [2.24, 2.45) is 4.99 Å². The largest absolute Gasteiger partial charge is 0.282 e. The zero-order chi connectivity index (χ0) is 5.82. The molecule has 0 bridgehead atoms. The van der Waals surface area contributed by atoms with E-state index in [9.17, 15) is 5.11 Å². The zero-order valence-corrected chi connectivity index (χ0v) is 5.41. The van der Waals surface area contributed by atoms with E-state index < -0.39 is 0 Å². The van der Waals surface area contributed by atoms with Gasteiger partial charge in [-0.1, -0.05) is 0 Å². The lowest BCUT2D eigenvalue weighted by Crippen LogP contribution is -1.90. The van der Waals surface area contributed by atoms with Crippen molar-refractivity contribution in [3.63, 3.8) is 0 Å². The molecule has 1 aliphatic heterocycles. The number of hydrogen-bond acceptors (Lipinski definition) is 2.